The molecule has 3 heterocycles. The summed E-state index contributed by atoms with van der Waals surface area (Å²) in [5.41, 5.74) is 1.55. The van der Waals surface area contributed by atoms with Gasteiger partial charge in [0.2, 0.25) is 0 Å². The molecule has 0 radical (unpaired) electrons. The van der Waals surface area contributed by atoms with Gasteiger partial charge in [0.25, 0.3) is 11.5 Å². The molecule has 0 atom stereocenters. The number of anilines is 2. The van der Waals surface area contributed by atoms with E-state index in [1.165, 1.54) is 6.07 Å². The minimum Gasteiger partial charge on any atom is -0.354 e. The second-order valence-electron chi connectivity index (χ2n) is 6.57. The Morgan fingerprint density at radius 1 is 1.15 bits per heavy atom. The molecule has 0 spiro atoms. The molecular formula is C20H21N5O2. The van der Waals surface area contributed by atoms with E-state index in [0.29, 0.717) is 11.3 Å². The van der Waals surface area contributed by atoms with Gasteiger partial charge in [-0.1, -0.05) is 18.2 Å². The monoisotopic (exact) mass is 363 g/mol. The first-order valence-electron chi connectivity index (χ1n) is 8.95. The first-order chi connectivity index (χ1) is 13.1. The van der Waals surface area contributed by atoms with Crippen molar-refractivity contribution in [2.75, 3.05) is 36.4 Å². The Kier molecular flexibility index (Phi) is 4.60. The van der Waals surface area contributed by atoms with E-state index >= 15 is 0 Å². The van der Waals surface area contributed by atoms with Crippen molar-refractivity contribution in [3.05, 3.63) is 64.6 Å². The average molecular weight is 363 g/mol. The number of fused-ring (bicyclic) bond motifs is 1. The Hall–Kier alpha value is -3.19. The molecule has 3 aromatic rings. The van der Waals surface area contributed by atoms with Gasteiger partial charge in [0, 0.05) is 62.6 Å². The summed E-state index contributed by atoms with van der Waals surface area (Å²) in [5, 5.41) is 6.96. The zero-order valence-electron chi connectivity index (χ0n) is 15.1. The van der Waals surface area contributed by atoms with Crippen molar-refractivity contribution in [1.29, 1.82) is 0 Å². The van der Waals surface area contributed by atoms with Crippen LogP contribution in [0.25, 0.3) is 10.9 Å². The van der Waals surface area contributed by atoms with Crippen molar-refractivity contribution in [3.63, 3.8) is 0 Å². The smallest absolute Gasteiger partial charge is 0.256 e. The number of benzene rings is 1. The molecule has 4 rings (SSSR count). The molecule has 27 heavy (non-hydrogen) atoms. The Bertz CT molecular complexity index is 1050. The van der Waals surface area contributed by atoms with Gasteiger partial charge >= 0.3 is 0 Å². The predicted octanol–water partition coefficient (Wildman–Crippen LogP) is 1.60. The van der Waals surface area contributed by atoms with Gasteiger partial charge in [-0.2, -0.15) is 0 Å². The van der Waals surface area contributed by atoms with E-state index in [1.807, 2.05) is 30.3 Å². The van der Waals surface area contributed by atoms with Crippen LogP contribution in [0.3, 0.4) is 0 Å². The number of nitrogens with zero attached hydrogens (tertiary/aromatic N) is 3. The number of hydrogen-bond donors (Lipinski definition) is 2. The van der Waals surface area contributed by atoms with Gasteiger partial charge in [-0.25, -0.2) is 4.98 Å². The summed E-state index contributed by atoms with van der Waals surface area (Å²) >= 11 is 0. The van der Waals surface area contributed by atoms with Gasteiger partial charge in [-0.15, -0.1) is 0 Å². The second-order valence-corrected chi connectivity index (χ2v) is 6.57. The highest BCUT2D eigenvalue weighted by molar-refractivity contribution is 6.12. The van der Waals surface area contributed by atoms with Crippen LogP contribution in [-0.4, -0.2) is 41.6 Å². The summed E-state index contributed by atoms with van der Waals surface area (Å²) in [5.74, 6) is 0.532. The molecule has 1 amide bonds. The Morgan fingerprint density at radius 3 is 2.74 bits per heavy atom. The standard InChI is InChI=1S/C20H21N5O2/c1-24-17-5-3-2-4-15(17)16(13-19(24)26)20(27)23-14-6-7-22-18(12-14)25-10-8-21-9-11-25/h2-7,12-13,21H,8-11H2,1H3,(H,22,23,27). The van der Waals surface area contributed by atoms with E-state index in [9.17, 15) is 9.59 Å². The van der Waals surface area contributed by atoms with E-state index in [2.05, 4.69) is 20.5 Å². The number of para-hydroxylation sites is 1. The van der Waals surface area contributed by atoms with E-state index in [-0.39, 0.29) is 11.5 Å². The number of piperazine rings is 1. The van der Waals surface area contributed by atoms with E-state index in [0.717, 1.165) is 42.9 Å². The molecule has 1 aliphatic heterocycles. The first-order valence-corrected chi connectivity index (χ1v) is 8.95. The Morgan fingerprint density at radius 2 is 1.93 bits per heavy atom. The largest absolute Gasteiger partial charge is 0.354 e. The zero-order valence-corrected chi connectivity index (χ0v) is 15.1. The van der Waals surface area contributed by atoms with Crippen molar-refractivity contribution < 1.29 is 4.79 Å². The number of rotatable bonds is 3. The molecule has 2 N–H and O–H groups in total. The minimum absolute atomic E-state index is 0.213. The molecule has 7 heteroatoms. The van der Waals surface area contributed by atoms with Gasteiger partial charge in [0.1, 0.15) is 5.82 Å². The summed E-state index contributed by atoms with van der Waals surface area (Å²) in [6.45, 7) is 3.59. The molecule has 1 aliphatic rings. The molecule has 0 unspecified atom stereocenters. The highest BCUT2D eigenvalue weighted by Crippen LogP contribution is 2.20. The van der Waals surface area contributed by atoms with Gasteiger partial charge < -0.3 is 20.1 Å². The number of hydrogen-bond acceptors (Lipinski definition) is 5. The second kappa shape index (κ2) is 7.20. The van der Waals surface area contributed by atoms with Crippen LogP contribution in [0.1, 0.15) is 10.4 Å². The third kappa shape index (κ3) is 3.41. The Labute approximate surface area is 156 Å². The molecule has 138 valence electrons. The third-order valence-corrected chi connectivity index (χ3v) is 4.84. The summed E-state index contributed by atoms with van der Waals surface area (Å²) in [6.07, 6.45) is 1.69. The van der Waals surface area contributed by atoms with E-state index in [1.54, 1.807) is 23.9 Å². The highest BCUT2D eigenvalue weighted by Gasteiger charge is 2.15. The molecule has 2 aromatic heterocycles. The van der Waals surface area contributed by atoms with Gasteiger partial charge in [-0.05, 0) is 12.1 Å². The summed E-state index contributed by atoms with van der Waals surface area (Å²) in [6, 6.07) is 12.4. The lowest BCUT2D eigenvalue weighted by molar-refractivity contribution is 0.102. The molecule has 0 bridgehead atoms. The van der Waals surface area contributed by atoms with Crippen LogP contribution in [0.4, 0.5) is 11.5 Å². The number of pyridine rings is 2. The van der Waals surface area contributed by atoms with Crippen LogP contribution in [-0.2, 0) is 7.05 Å². The number of carbonyl (C=O) groups is 1. The van der Waals surface area contributed by atoms with Gasteiger partial charge in [0.15, 0.2) is 0 Å². The highest BCUT2D eigenvalue weighted by atomic mass is 16.2. The minimum atomic E-state index is -0.304. The van der Waals surface area contributed by atoms with Crippen LogP contribution >= 0.6 is 0 Å². The molecule has 1 saturated heterocycles. The van der Waals surface area contributed by atoms with Crippen molar-refractivity contribution in [2.24, 2.45) is 7.05 Å². The number of nitrogens with one attached hydrogen (secondary N) is 2. The third-order valence-electron chi connectivity index (χ3n) is 4.84. The van der Waals surface area contributed by atoms with Crippen LogP contribution in [0.15, 0.2) is 53.5 Å². The predicted molar refractivity (Wildman–Crippen MR) is 106 cm³/mol. The lowest BCUT2D eigenvalue weighted by Gasteiger charge is -2.28. The van der Waals surface area contributed by atoms with Crippen LogP contribution in [0, 0.1) is 0 Å². The number of amides is 1. The topological polar surface area (TPSA) is 79.3 Å². The summed E-state index contributed by atoms with van der Waals surface area (Å²) in [7, 11) is 1.70. The first kappa shape index (κ1) is 17.2. The average Bonchev–Trinajstić information content (AvgIpc) is 2.71. The maximum atomic E-state index is 12.9. The molecular weight excluding hydrogens is 342 g/mol. The van der Waals surface area contributed by atoms with Crippen LogP contribution in [0.5, 0.6) is 0 Å². The normalized spacial score (nSPS) is 14.3. The summed E-state index contributed by atoms with van der Waals surface area (Å²) < 4.78 is 1.54. The fourth-order valence-electron chi connectivity index (χ4n) is 3.36. The summed E-state index contributed by atoms with van der Waals surface area (Å²) in [4.78, 5) is 31.7. The van der Waals surface area contributed by atoms with Crippen molar-refractivity contribution >= 4 is 28.3 Å². The van der Waals surface area contributed by atoms with Crippen LogP contribution in [0.2, 0.25) is 0 Å². The number of aromatic nitrogens is 2. The lowest BCUT2D eigenvalue weighted by Crippen LogP contribution is -2.43. The zero-order chi connectivity index (χ0) is 18.8. The van der Waals surface area contributed by atoms with Gasteiger partial charge in [-0.3, -0.25) is 9.59 Å². The van der Waals surface area contributed by atoms with Crippen molar-refractivity contribution in [3.8, 4) is 0 Å². The van der Waals surface area contributed by atoms with Crippen LogP contribution < -0.4 is 21.1 Å². The number of aryl methyl sites for hydroxylation is 1. The van der Waals surface area contributed by atoms with E-state index < -0.39 is 0 Å². The molecule has 7 nitrogen and oxygen atoms in total. The fraction of sp³-hybridized carbons (Fsp3) is 0.250. The molecule has 1 aromatic carbocycles. The SMILES string of the molecule is Cn1c(=O)cc(C(=O)Nc2ccnc(N3CCNCC3)c2)c2ccccc21. The molecule has 0 saturated carbocycles. The lowest BCUT2D eigenvalue weighted by atomic mass is 10.1. The van der Waals surface area contributed by atoms with Crippen molar-refractivity contribution in [2.45, 2.75) is 0 Å². The molecule has 0 aliphatic carbocycles. The molecule has 1 fully saturated rings. The number of carbonyl (C=O) groups excluding carboxylic acids is 1. The van der Waals surface area contributed by atoms with Gasteiger partial charge in [0.05, 0.1) is 11.1 Å². The maximum Gasteiger partial charge on any atom is 0.256 e. The van der Waals surface area contributed by atoms with E-state index in [4.69, 9.17) is 0 Å². The van der Waals surface area contributed by atoms with Crippen molar-refractivity contribution in [1.82, 2.24) is 14.9 Å². The fourth-order valence-corrected chi connectivity index (χ4v) is 3.36. The quantitative estimate of drug-likeness (QED) is 0.739. The maximum absolute atomic E-state index is 12.9. The Balaban J connectivity index is 1.64.